The van der Waals surface area contributed by atoms with E-state index in [9.17, 15) is 34.8 Å². The van der Waals surface area contributed by atoms with E-state index in [4.69, 9.17) is 5.73 Å². The third-order valence-electron chi connectivity index (χ3n) is 8.30. The van der Waals surface area contributed by atoms with Crippen LogP contribution in [0.3, 0.4) is 0 Å². The Morgan fingerprint density at radius 1 is 1.05 bits per heavy atom. The van der Waals surface area contributed by atoms with Gasteiger partial charge in [0.15, 0.2) is 11.4 Å². The van der Waals surface area contributed by atoms with Crippen LogP contribution in [0.4, 0.5) is 5.69 Å². The second-order valence-electron chi connectivity index (χ2n) is 11.1. The van der Waals surface area contributed by atoms with Gasteiger partial charge in [-0.1, -0.05) is 30.0 Å². The number of carbonyl (C=O) groups excluding carboxylic acids is 3. The molecule has 0 fully saturated rings. The number of aliphatic hydroxyl groups is 3. The number of phenols is 1. The highest BCUT2D eigenvalue weighted by atomic mass is 16.3. The molecule has 0 saturated heterocycles. The third kappa shape index (κ3) is 4.08. The number of carbonyl (C=O) groups is 3. The van der Waals surface area contributed by atoms with Crippen molar-refractivity contribution in [3.8, 4) is 17.6 Å². The molecule has 0 bridgehead atoms. The lowest BCUT2D eigenvalue weighted by Crippen LogP contribution is -2.63. The Labute approximate surface area is 237 Å². The minimum absolute atomic E-state index is 0.0228. The lowest BCUT2D eigenvalue weighted by Gasteiger charge is -2.50. The Morgan fingerprint density at radius 3 is 2.29 bits per heavy atom. The van der Waals surface area contributed by atoms with E-state index in [1.54, 1.807) is 39.2 Å². The molecule has 2 aromatic rings. The van der Waals surface area contributed by atoms with Crippen molar-refractivity contribution in [2.24, 2.45) is 17.6 Å². The SMILES string of the molecule is CN(C)c1cc(C#Cc2ccccc2)c(O)c2c1CC1CC3C(N(C)C)C(O)=C(C(N)=O)C(=O)C3(O)C(O)=C1C2=O. The standard InChI is InChI=1S/C31H31N3O7/c1-33(2)20-14-16(11-10-15-8-6-5-7-9-15)25(35)22-18(20)12-17-13-19-24(34(3)4)27(37)23(30(32)40)29(39)31(19,41)28(38)21(17)26(22)36/h5-9,14,17,19,24,35,37-38,41H,12-13H2,1-4H3,(H2,32,40). The Kier molecular flexibility index (Phi) is 6.68. The van der Waals surface area contributed by atoms with Gasteiger partial charge < -0.3 is 31.1 Å². The van der Waals surface area contributed by atoms with E-state index >= 15 is 0 Å². The van der Waals surface area contributed by atoms with E-state index in [0.29, 0.717) is 16.8 Å². The molecule has 2 aromatic carbocycles. The van der Waals surface area contributed by atoms with Gasteiger partial charge in [0, 0.05) is 36.8 Å². The highest BCUT2D eigenvalue weighted by Gasteiger charge is 2.63. The molecule has 1 amide bonds. The lowest BCUT2D eigenvalue weighted by atomic mass is 9.58. The minimum atomic E-state index is -2.69. The molecule has 3 aliphatic rings. The summed E-state index contributed by atoms with van der Waals surface area (Å²) in [5.74, 6) is -0.989. The van der Waals surface area contributed by atoms with Crippen molar-refractivity contribution in [1.29, 1.82) is 0 Å². The van der Waals surface area contributed by atoms with E-state index in [2.05, 4.69) is 11.8 Å². The average Bonchev–Trinajstić information content (AvgIpc) is 2.90. The molecule has 10 heteroatoms. The van der Waals surface area contributed by atoms with Crippen molar-refractivity contribution in [2.75, 3.05) is 33.1 Å². The minimum Gasteiger partial charge on any atom is -0.510 e. The second kappa shape index (κ2) is 9.80. The van der Waals surface area contributed by atoms with Gasteiger partial charge in [0.05, 0.1) is 17.2 Å². The summed E-state index contributed by atoms with van der Waals surface area (Å²) in [5.41, 5.74) is 3.66. The van der Waals surface area contributed by atoms with Crippen molar-refractivity contribution < 1.29 is 34.8 Å². The second-order valence-corrected chi connectivity index (χ2v) is 11.1. The first kappa shape index (κ1) is 28.0. The van der Waals surface area contributed by atoms with Crippen LogP contribution in [0.5, 0.6) is 5.75 Å². The van der Waals surface area contributed by atoms with Crippen LogP contribution in [0, 0.1) is 23.7 Å². The topological polar surface area (TPSA) is 165 Å². The van der Waals surface area contributed by atoms with Crippen LogP contribution in [0.1, 0.15) is 33.5 Å². The molecule has 4 atom stereocenters. The summed E-state index contributed by atoms with van der Waals surface area (Å²) in [7, 11) is 6.77. The van der Waals surface area contributed by atoms with Gasteiger partial charge in [0.25, 0.3) is 5.91 Å². The maximum atomic E-state index is 14.1. The molecule has 0 radical (unpaired) electrons. The molecule has 0 saturated carbocycles. The molecule has 0 spiro atoms. The summed E-state index contributed by atoms with van der Waals surface area (Å²) in [6.07, 6.45) is 0.219. The fraction of sp³-hybridized carbons (Fsp3) is 0.323. The normalized spacial score (nSPS) is 25.3. The van der Waals surface area contributed by atoms with Crippen LogP contribution in [0.2, 0.25) is 0 Å². The number of allylic oxidation sites excluding steroid dienone is 1. The number of fused-ring (bicyclic) bond motifs is 3. The quantitative estimate of drug-likeness (QED) is 0.278. The van der Waals surface area contributed by atoms with Gasteiger partial charge in [-0.2, -0.15) is 0 Å². The molecule has 5 rings (SSSR count). The molecule has 212 valence electrons. The van der Waals surface area contributed by atoms with Gasteiger partial charge in [0.1, 0.15) is 22.8 Å². The monoisotopic (exact) mass is 557 g/mol. The predicted molar refractivity (Wildman–Crippen MR) is 150 cm³/mol. The summed E-state index contributed by atoms with van der Waals surface area (Å²) in [6.45, 7) is 0. The number of amides is 1. The number of primary amides is 1. The van der Waals surface area contributed by atoms with E-state index in [-0.39, 0.29) is 35.3 Å². The Balaban J connectivity index is 1.72. The predicted octanol–water partition coefficient (Wildman–Crippen LogP) is 1.59. The average molecular weight is 558 g/mol. The highest BCUT2D eigenvalue weighted by Crippen LogP contribution is 2.53. The Bertz CT molecular complexity index is 1630. The number of anilines is 1. The molecule has 3 aliphatic carbocycles. The molecule has 6 N–H and O–H groups in total. The van der Waals surface area contributed by atoms with E-state index in [0.717, 1.165) is 0 Å². The Morgan fingerprint density at radius 2 is 1.71 bits per heavy atom. The van der Waals surface area contributed by atoms with Gasteiger partial charge in [0.2, 0.25) is 5.78 Å². The number of aromatic hydroxyl groups is 1. The first-order valence-corrected chi connectivity index (χ1v) is 13.1. The van der Waals surface area contributed by atoms with Crippen molar-refractivity contribution in [2.45, 2.75) is 24.5 Å². The Hall–Kier alpha value is -4.59. The number of hydrogen-bond acceptors (Lipinski definition) is 9. The van der Waals surface area contributed by atoms with Gasteiger partial charge in [-0.25, -0.2) is 0 Å². The van der Waals surface area contributed by atoms with Crippen molar-refractivity contribution in [3.05, 3.63) is 81.3 Å². The van der Waals surface area contributed by atoms with Crippen LogP contribution in [0.25, 0.3) is 0 Å². The van der Waals surface area contributed by atoms with Crippen LogP contribution in [-0.2, 0) is 16.0 Å². The summed E-state index contributed by atoms with van der Waals surface area (Å²) in [5, 5.41) is 45.5. The lowest BCUT2D eigenvalue weighted by molar-refractivity contribution is -0.148. The van der Waals surface area contributed by atoms with Crippen molar-refractivity contribution >= 4 is 23.2 Å². The number of benzene rings is 2. The van der Waals surface area contributed by atoms with E-state index < -0.39 is 58.0 Å². The zero-order valence-corrected chi connectivity index (χ0v) is 23.1. The zero-order chi connectivity index (χ0) is 30.0. The smallest absolute Gasteiger partial charge is 0.255 e. The van der Waals surface area contributed by atoms with Gasteiger partial charge in [-0.05, 0) is 56.6 Å². The fourth-order valence-corrected chi connectivity index (χ4v) is 6.45. The van der Waals surface area contributed by atoms with Gasteiger partial charge >= 0.3 is 0 Å². The molecule has 0 heterocycles. The number of rotatable bonds is 3. The van der Waals surface area contributed by atoms with Gasteiger partial charge in [-0.15, -0.1) is 0 Å². The maximum Gasteiger partial charge on any atom is 0.255 e. The number of Topliss-reactive ketones (excluding diaryl/α,β-unsaturated/α-hetero) is 2. The number of nitrogens with zero attached hydrogens (tertiary/aromatic N) is 2. The first-order valence-electron chi connectivity index (χ1n) is 13.1. The summed E-state index contributed by atoms with van der Waals surface area (Å²) < 4.78 is 0. The molecular weight excluding hydrogens is 526 g/mol. The number of phenolic OH excluding ortho intramolecular Hbond substituents is 1. The summed E-state index contributed by atoms with van der Waals surface area (Å²) in [6, 6.07) is 9.78. The van der Waals surface area contributed by atoms with Crippen LogP contribution in [-0.4, -0.2) is 82.6 Å². The van der Waals surface area contributed by atoms with Crippen LogP contribution in [0.15, 0.2) is 59.1 Å². The molecule has 0 aromatic heterocycles. The fourth-order valence-electron chi connectivity index (χ4n) is 6.45. The largest absolute Gasteiger partial charge is 0.510 e. The molecule has 41 heavy (non-hydrogen) atoms. The molecule has 0 aliphatic heterocycles. The number of nitrogens with two attached hydrogens (primary N) is 1. The van der Waals surface area contributed by atoms with Gasteiger partial charge in [-0.3, -0.25) is 19.3 Å². The van der Waals surface area contributed by atoms with Crippen molar-refractivity contribution in [1.82, 2.24) is 4.90 Å². The maximum absolute atomic E-state index is 14.1. The van der Waals surface area contributed by atoms with Crippen LogP contribution >= 0.6 is 0 Å². The third-order valence-corrected chi connectivity index (χ3v) is 8.30. The molecule has 10 nitrogen and oxygen atoms in total. The number of aliphatic hydroxyl groups excluding tert-OH is 2. The number of hydrogen-bond donors (Lipinski definition) is 5. The van der Waals surface area contributed by atoms with Crippen molar-refractivity contribution in [3.63, 3.8) is 0 Å². The van der Waals surface area contributed by atoms with E-state index in [1.807, 2.05) is 30.3 Å². The molecular formula is C31H31N3O7. The molecule has 4 unspecified atom stereocenters. The summed E-state index contributed by atoms with van der Waals surface area (Å²) in [4.78, 5) is 43.0. The van der Waals surface area contributed by atoms with Crippen LogP contribution < -0.4 is 10.6 Å². The number of ketones is 2. The first-order chi connectivity index (χ1) is 19.3. The highest BCUT2D eigenvalue weighted by molar-refractivity contribution is 6.25. The summed E-state index contributed by atoms with van der Waals surface area (Å²) >= 11 is 0. The zero-order valence-electron chi connectivity index (χ0n) is 23.1. The number of likely N-dealkylation sites (N-methyl/N-ethyl adjacent to an activating group) is 1. The van der Waals surface area contributed by atoms with E-state index in [1.165, 1.54) is 4.90 Å².